The van der Waals surface area contributed by atoms with Crippen LogP contribution in [0.1, 0.15) is 25.0 Å². The van der Waals surface area contributed by atoms with Crippen molar-refractivity contribution in [2.45, 2.75) is 19.3 Å². The molecule has 306 valence electrons. The predicted molar refractivity (Wildman–Crippen MR) is 273 cm³/mol. The van der Waals surface area contributed by atoms with Crippen LogP contribution < -0.4 is 0 Å². The van der Waals surface area contributed by atoms with Gasteiger partial charge in [-0.05, 0) is 107 Å². The number of benzene rings is 10. The summed E-state index contributed by atoms with van der Waals surface area (Å²) in [6.45, 7) is 4.69. The van der Waals surface area contributed by atoms with Crippen LogP contribution in [0.5, 0.6) is 0 Å². The van der Waals surface area contributed by atoms with Crippen LogP contribution in [-0.2, 0) is 5.41 Å². The van der Waals surface area contributed by atoms with Gasteiger partial charge in [-0.3, -0.25) is 0 Å². The molecule has 0 aliphatic heterocycles. The largest absolute Gasteiger partial charge is 0.228 e. The second-order valence-corrected chi connectivity index (χ2v) is 17.7. The van der Waals surface area contributed by atoms with Crippen molar-refractivity contribution in [2.24, 2.45) is 0 Å². The van der Waals surface area contributed by atoms with E-state index in [2.05, 4.69) is 238 Å². The Morgan fingerprint density at radius 3 is 1.37 bits per heavy atom. The summed E-state index contributed by atoms with van der Waals surface area (Å²) in [5, 5.41) is 4.79. The van der Waals surface area contributed by atoms with Gasteiger partial charge in [-0.25, -0.2) is 9.97 Å². The van der Waals surface area contributed by atoms with Crippen molar-refractivity contribution in [3.8, 4) is 89.5 Å². The van der Waals surface area contributed by atoms with E-state index < -0.39 is 0 Å². The molecule has 0 fully saturated rings. The van der Waals surface area contributed by atoms with Gasteiger partial charge >= 0.3 is 0 Å². The third kappa shape index (κ3) is 6.57. The molecule has 2 heteroatoms. The number of aromatic nitrogens is 2. The van der Waals surface area contributed by atoms with Crippen LogP contribution in [0.15, 0.2) is 231 Å². The summed E-state index contributed by atoms with van der Waals surface area (Å²) in [5.74, 6) is 0.692. The van der Waals surface area contributed by atoms with Crippen molar-refractivity contribution in [3.05, 3.63) is 242 Å². The summed E-state index contributed by atoms with van der Waals surface area (Å²) in [7, 11) is 0. The van der Waals surface area contributed by atoms with Gasteiger partial charge in [0.05, 0.1) is 11.4 Å². The lowest BCUT2D eigenvalue weighted by Gasteiger charge is -2.21. The molecule has 10 aromatic carbocycles. The molecule has 1 aliphatic carbocycles. The van der Waals surface area contributed by atoms with Crippen LogP contribution in [0.2, 0.25) is 0 Å². The van der Waals surface area contributed by atoms with Crippen molar-refractivity contribution in [1.29, 1.82) is 0 Å². The number of fused-ring (bicyclic) bond motifs is 5. The van der Waals surface area contributed by atoms with E-state index in [1.807, 2.05) is 6.07 Å². The first-order chi connectivity index (χ1) is 32.0. The Labute approximate surface area is 380 Å². The molecule has 0 radical (unpaired) electrons. The maximum absolute atomic E-state index is 5.35. The zero-order valence-electron chi connectivity index (χ0n) is 36.3. The molecule has 12 rings (SSSR count). The molecule has 0 amide bonds. The molecule has 0 saturated heterocycles. The topological polar surface area (TPSA) is 25.8 Å². The van der Waals surface area contributed by atoms with E-state index >= 15 is 0 Å². The molecule has 1 heterocycles. The zero-order chi connectivity index (χ0) is 43.5. The van der Waals surface area contributed by atoms with E-state index in [0.717, 1.165) is 50.2 Å². The first-order valence-corrected chi connectivity index (χ1v) is 22.5. The van der Waals surface area contributed by atoms with Crippen LogP contribution in [0.4, 0.5) is 0 Å². The molecule has 1 aliphatic rings. The molecule has 0 saturated carbocycles. The molecule has 11 aromatic rings. The van der Waals surface area contributed by atoms with Crippen molar-refractivity contribution < 1.29 is 0 Å². The average molecular weight is 829 g/mol. The fourth-order valence-electron chi connectivity index (χ4n) is 10.3. The smallest absolute Gasteiger partial charge is 0.160 e. The van der Waals surface area contributed by atoms with E-state index in [4.69, 9.17) is 9.97 Å². The Hall–Kier alpha value is -8.20. The highest BCUT2D eigenvalue weighted by molar-refractivity contribution is 6.12. The molecule has 0 atom stereocenters. The van der Waals surface area contributed by atoms with Crippen molar-refractivity contribution in [1.82, 2.24) is 9.97 Å². The highest BCUT2D eigenvalue weighted by Gasteiger charge is 2.35. The SMILES string of the molecule is CC1(C)c2ccccc2-c2cc(-c3ccc(-c4ccc(-c5cc(-c6ccc(-c7ccccc7)cc6-c6ccccc6)nc(-c6ccccc6)n5)c5ccccc45)c4ccccc34)ccc21. The van der Waals surface area contributed by atoms with Gasteiger partial charge in [-0.15, -0.1) is 0 Å². The number of hydrogen-bond acceptors (Lipinski definition) is 2. The molecular formula is C63H44N2. The Balaban J connectivity index is 1.01. The third-order valence-electron chi connectivity index (χ3n) is 13.6. The molecule has 65 heavy (non-hydrogen) atoms. The van der Waals surface area contributed by atoms with Gasteiger partial charge in [-0.1, -0.05) is 226 Å². The van der Waals surface area contributed by atoms with Crippen molar-refractivity contribution >= 4 is 21.5 Å². The van der Waals surface area contributed by atoms with Crippen LogP contribution in [0.25, 0.3) is 111 Å². The van der Waals surface area contributed by atoms with Gasteiger partial charge in [-0.2, -0.15) is 0 Å². The summed E-state index contributed by atoms with van der Waals surface area (Å²) in [5.41, 5.74) is 19.8. The fraction of sp³-hybridized carbons (Fsp3) is 0.0476. The quantitative estimate of drug-likeness (QED) is 0.160. The van der Waals surface area contributed by atoms with Crippen LogP contribution in [0, 0.1) is 0 Å². The standard InChI is InChI=1S/C63H44N2/c1-63(2)58-29-17-16-28-53(58)57-39-45(31-37-59(57)63)46-33-34-51(48-25-13-12-24-47(46)48)52-35-36-54(50-27-15-14-26-49(50)52)60-40-61(65-62(64-60)43-22-10-5-11-23-43)55-32-30-44(41-18-6-3-7-19-41)38-56(55)42-20-8-4-9-21-42/h3-40H,1-2H3. The lowest BCUT2D eigenvalue weighted by Crippen LogP contribution is -2.14. The second-order valence-electron chi connectivity index (χ2n) is 17.7. The highest BCUT2D eigenvalue weighted by atomic mass is 14.9. The summed E-state index contributed by atoms with van der Waals surface area (Å²) in [6, 6.07) is 83.3. The summed E-state index contributed by atoms with van der Waals surface area (Å²) in [6.07, 6.45) is 0. The molecule has 1 aromatic heterocycles. The van der Waals surface area contributed by atoms with Gasteiger partial charge in [0.1, 0.15) is 0 Å². The Kier molecular flexibility index (Phi) is 9.21. The summed E-state index contributed by atoms with van der Waals surface area (Å²) >= 11 is 0. The first kappa shape index (κ1) is 38.5. The van der Waals surface area contributed by atoms with Gasteiger partial charge in [0.2, 0.25) is 0 Å². The zero-order valence-corrected chi connectivity index (χ0v) is 36.3. The Morgan fingerprint density at radius 2 is 0.708 bits per heavy atom. The predicted octanol–water partition coefficient (Wildman–Crippen LogP) is 16.8. The minimum atomic E-state index is -0.0285. The monoisotopic (exact) mass is 828 g/mol. The molecule has 0 spiro atoms. The third-order valence-corrected chi connectivity index (χ3v) is 13.6. The van der Waals surface area contributed by atoms with Crippen LogP contribution in [-0.4, -0.2) is 9.97 Å². The number of nitrogens with zero attached hydrogens (tertiary/aromatic N) is 2. The number of rotatable bonds is 7. The Bertz CT molecular complexity index is 3610. The van der Waals surface area contributed by atoms with Crippen LogP contribution >= 0.6 is 0 Å². The van der Waals surface area contributed by atoms with E-state index in [0.29, 0.717) is 5.82 Å². The molecule has 0 N–H and O–H groups in total. The lowest BCUT2D eigenvalue weighted by molar-refractivity contribution is 0.660. The summed E-state index contributed by atoms with van der Waals surface area (Å²) in [4.78, 5) is 10.7. The first-order valence-electron chi connectivity index (χ1n) is 22.5. The number of hydrogen-bond donors (Lipinski definition) is 0. The van der Waals surface area contributed by atoms with Crippen molar-refractivity contribution in [2.75, 3.05) is 0 Å². The lowest BCUT2D eigenvalue weighted by atomic mass is 9.82. The fourth-order valence-corrected chi connectivity index (χ4v) is 10.3. The molecule has 0 unspecified atom stereocenters. The maximum atomic E-state index is 5.35. The van der Waals surface area contributed by atoms with Gasteiger partial charge in [0.15, 0.2) is 5.82 Å². The van der Waals surface area contributed by atoms with Crippen molar-refractivity contribution in [3.63, 3.8) is 0 Å². The van der Waals surface area contributed by atoms with Gasteiger partial charge in [0.25, 0.3) is 0 Å². The molecule has 0 bridgehead atoms. The van der Waals surface area contributed by atoms with E-state index in [1.165, 1.54) is 66.2 Å². The highest BCUT2D eigenvalue weighted by Crippen LogP contribution is 2.50. The molecule has 2 nitrogen and oxygen atoms in total. The Morgan fingerprint density at radius 1 is 0.262 bits per heavy atom. The van der Waals surface area contributed by atoms with Crippen LogP contribution in [0.3, 0.4) is 0 Å². The van der Waals surface area contributed by atoms with E-state index in [1.54, 1.807) is 0 Å². The maximum Gasteiger partial charge on any atom is 0.160 e. The molecular weight excluding hydrogens is 785 g/mol. The minimum absolute atomic E-state index is 0.0285. The normalized spacial score (nSPS) is 12.6. The van der Waals surface area contributed by atoms with Gasteiger partial charge < -0.3 is 0 Å². The summed E-state index contributed by atoms with van der Waals surface area (Å²) < 4.78 is 0. The average Bonchev–Trinajstić information content (AvgIpc) is 3.61. The second kappa shape index (κ2) is 15.6. The minimum Gasteiger partial charge on any atom is -0.228 e. The van der Waals surface area contributed by atoms with Gasteiger partial charge in [0, 0.05) is 22.1 Å². The van der Waals surface area contributed by atoms with E-state index in [-0.39, 0.29) is 5.41 Å². The van der Waals surface area contributed by atoms with E-state index in [9.17, 15) is 0 Å².